The first-order chi connectivity index (χ1) is 8.65. The number of hydrogen-bond donors (Lipinski definition) is 3. The van der Waals surface area contributed by atoms with Gasteiger partial charge in [-0.15, -0.1) is 0 Å². The number of urea groups is 1. The van der Waals surface area contributed by atoms with Gasteiger partial charge in [0.05, 0.1) is 5.92 Å². The highest BCUT2D eigenvalue weighted by Gasteiger charge is 2.36. The number of amides is 3. The van der Waals surface area contributed by atoms with Crippen molar-refractivity contribution in [2.45, 2.75) is 45.2 Å². The van der Waals surface area contributed by atoms with Crippen molar-refractivity contribution < 1.29 is 19.5 Å². The van der Waals surface area contributed by atoms with Crippen LogP contribution >= 0.6 is 0 Å². The van der Waals surface area contributed by atoms with Gasteiger partial charge in [0, 0.05) is 12.6 Å². The van der Waals surface area contributed by atoms with E-state index in [4.69, 9.17) is 10.8 Å². The molecule has 0 aromatic rings. The number of hydrogen-bond acceptors (Lipinski definition) is 3. The molecule has 2 unspecified atom stereocenters. The first kappa shape index (κ1) is 15.3. The summed E-state index contributed by atoms with van der Waals surface area (Å²) >= 11 is 0. The first-order valence-corrected chi connectivity index (χ1v) is 6.26. The summed E-state index contributed by atoms with van der Waals surface area (Å²) in [5.74, 6) is -1.91. The molecule has 0 aromatic carbocycles. The second-order valence-corrected chi connectivity index (χ2v) is 5.54. The number of likely N-dealkylation sites (tertiary alicyclic amines) is 1. The maximum Gasteiger partial charge on any atom is 0.328 e. The number of nitrogens with one attached hydrogen (secondary N) is 1. The molecular weight excluding hydrogens is 250 g/mol. The highest BCUT2D eigenvalue weighted by Crippen LogP contribution is 2.22. The van der Waals surface area contributed by atoms with E-state index in [1.165, 1.54) is 18.7 Å². The summed E-state index contributed by atoms with van der Waals surface area (Å²) in [6.45, 7) is 4.92. The van der Waals surface area contributed by atoms with Crippen molar-refractivity contribution in [2.24, 2.45) is 11.7 Å². The predicted molar refractivity (Wildman–Crippen MR) is 68.3 cm³/mol. The third-order valence-electron chi connectivity index (χ3n) is 3.50. The Balaban J connectivity index is 2.74. The zero-order valence-electron chi connectivity index (χ0n) is 11.5. The minimum Gasteiger partial charge on any atom is -0.480 e. The fourth-order valence-electron chi connectivity index (χ4n) is 2.01. The van der Waals surface area contributed by atoms with Crippen molar-refractivity contribution in [1.82, 2.24) is 10.2 Å². The Morgan fingerprint density at radius 3 is 2.37 bits per heavy atom. The lowest BCUT2D eigenvalue weighted by Gasteiger charge is -2.38. The second kappa shape index (κ2) is 5.46. The molecule has 0 saturated carbocycles. The van der Waals surface area contributed by atoms with Gasteiger partial charge in [0.1, 0.15) is 5.54 Å². The van der Waals surface area contributed by atoms with E-state index in [1.807, 2.05) is 6.92 Å². The third-order valence-corrected chi connectivity index (χ3v) is 3.50. The normalized spacial score (nSPS) is 23.8. The number of nitrogens with zero attached hydrogens (tertiary/aromatic N) is 1. The molecule has 1 fully saturated rings. The standard InChI is InChI=1S/C12H21N3O4/c1-7-4-5-8(9(13)16)6-15(7)11(19)14-12(2,3)10(17)18/h7-8H,4-6H2,1-3H3,(H2,13,16)(H,14,19)(H,17,18). The number of carboxylic acids is 1. The lowest BCUT2D eigenvalue weighted by molar-refractivity contribution is -0.143. The molecule has 0 aromatic heterocycles. The predicted octanol–water partition coefficient (Wildman–Crippen LogP) is 0.145. The second-order valence-electron chi connectivity index (χ2n) is 5.54. The van der Waals surface area contributed by atoms with Gasteiger partial charge in [-0.05, 0) is 33.6 Å². The number of nitrogens with two attached hydrogens (primary N) is 1. The van der Waals surface area contributed by atoms with Gasteiger partial charge in [0.25, 0.3) is 0 Å². The highest BCUT2D eigenvalue weighted by molar-refractivity contribution is 5.86. The van der Waals surface area contributed by atoms with Crippen LogP contribution in [-0.2, 0) is 9.59 Å². The van der Waals surface area contributed by atoms with Crippen LogP contribution in [0.15, 0.2) is 0 Å². The van der Waals surface area contributed by atoms with Crippen LogP contribution in [0.5, 0.6) is 0 Å². The van der Waals surface area contributed by atoms with E-state index in [-0.39, 0.29) is 18.5 Å². The Morgan fingerprint density at radius 2 is 1.89 bits per heavy atom. The minimum absolute atomic E-state index is 0.0415. The van der Waals surface area contributed by atoms with Crippen molar-refractivity contribution in [3.63, 3.8) is 0 Å². The monoisotopic (exact) mass is 271 g/mol. The molecular formula is C12H21N3O4. The summed E-state index contributed by atoms with van der Waals surface area (Å²) in [5.41, 5.74) is 3.91. The van der Waals surface area contributed by atoms with Gasteiger partial charge >= 0.3 is 12.0 Å². The van der Waals surface area contributed by atoms with Crippen LogP contribution in [0.1, 0.15) is 33.6 Å². The van der Waals surface area contributed by atoms with E-state index < -0.39 is 23.4 Å². The number of carboxylic acid groups (broad SMARTS) is 1. The van der Waals surface area contributed by atoms with Crippen LogP contribution < -0.4 is 11.1 Å². The van der Waals surface area contributed by atoms with Gasteiger partial charge in [-0.1, -0.05) is 0 Å². The smallest absolute Gasteiger partial charge is 0.328 e. The van der Waals surface area contributed by atoms with Crippen molar-refractivity contribution in [2.75, 3.05) is 6.54 Å². The number of carbonyl (C=O) groups excluding carboxylic acids is 2. The average molecular weight is 271 g/mol. The third kappa shape index (κ3) is 3.59. The zero-order valence-corrected chi connectivity index (χ0v) is 11.5. The zero-order chi connectivity index (χ0) is 14.8. The molecule has 108 valence electrons. The van der Waals surface area contributed by atoms with Crippen LogP contribution in [0.4, 0.5) is 4.79 Å². The maximum atomic E-state index is 12.1. The molecule has 1 saturated heterocycles. The van der Waals surface area contributed by atoms with Gasteiger partial charge < -0.3 is 21.1 Å². The van der Waals surface area contributed by atoms with Crippen molar-refractivity contribution in [3.8, 4) is 0 Å². The molecule has 4 N–H and O–H groups in total. The number of carbonyl (C=O) groups is 3. The molecule has 1 aliphatic rings. The molecule has 0 aliphatic carbocycles. The SMILES string of the molecule is CC1CCC(C(N)=O)CN1C(=O)NC(C)(C)C(=O)O. The molecule has 7 heteroatoms. The van der Waals surface area contributed by atoms with Crippen molar-refractivity contribution in [3.05, 3.63) is 0 Å². The number of rotatable bonds is 3. The van der Waals surface area contributed by atoms with Crippen LogP contribution in [0.25, 0.3) is 0 Å². The fraction of sp³-hybridized carbons (Fsp3) is 0.750. The summed E-state index contributed by atoms with van der Waals surface area (Å²) in [6.07, 6.45) is 1.33. The van der Waals surface area contributed by atoms with Crippen molar-refractivity contribution in [1.29, 1.82) is 0 Å². The summed E-state index contributed by atoms with van der Waals surface area (Å²) in [5, 5.41) is 11.4. The Labute approximate surface area is 112 Å². The van der Waals surface area contributed by atoms with Crippen molar-refractivity contribution >= 4 is 17.9 Å². The van der Waals surface area contributed by atoms with E-state index in [2.05, 4.69) is 5.32 Å². The molecule has 3 amide bonds. The Bertz CT molecular complexity index is 394. The Morgan fingerprint density at radius 1 is 1.32 bits per heavy atom. The van der Waals surface area contributed by atoms with E-state index in [9.17, 15) is 14.4 Å². The number of aliphatic carboxylic acids is 1. The Kier molecular flexibility index (Phi) is 4.39. The molecule has 0 bridgehead atoms. The largest absolute Gasteiger partial charge is 0.480 e. The Hall–Kier alpha value is -1.79. The molecule has 2 atom stereocenters. The van der Waals surface area contributed by atoms with Crippen LogP contribution in [0.2, 0.25) is 0 Å². The van der Waals surface area contributed by atoms with Crippen LogP contribution in [0, 0.1) is 5.92 Å². The highest BCUT2D eigenvalue weighted by atomic mass is 16.4. The molecule has 0 radical (unpaired) electrons. The molecule has 1 rings (SSSR count). The summed E-state index contributed by atoms with van der Waals surface area (Å²) in [6, 6.07) is -0.522. The van der Waals surface area contributed by atoms with Gasteiger partial charge in [-0.2, -0.15) is 0 Å². The molecule has 1 heterocycles. The molecule has 0 spiro atoms. The first-order valence-electron chi connectivity index (χ1n) is 6.26. The molecule has 1 aliphatic heterocycles. The van der Waals surface area contributed by atoms with Crippen LogP contribution in [-0.4, -0.2) is 46.0 Å². The number of piperidine rings is 1. The topological polar surface area (TPSA) is 113 Å². The van der Waals surface area contributed by atoms with Gasteiger partial charge in [-0.3, -0.25) is 4.79 Å². The van der Waals surface area contributed by atoms with E-state index >= 15 is 0 Å². The summed E-state index contributed by atoms with van der Waals surface area (Å²) < 4.78 is 0. The maximum absolute atomic E-state index is 12.1. The van der Waals surface area contributed by atoms with Gasteiger partial charge in [0.15, 0.2) is 0 Å². The molecule has 7 nitrogen and oxygen atoms in total. The minimum atomic E-state index is -1.35. The average Bonchev–Trinajstić information content (AvgIpc) is 2.28. The number of primary amides is 1. The molecule has 19 heavy (non-hydrogen) atoms. The lowest BCUT2D eigenvalue weighted by atomic mass is 9.93. The van der Waals surface area contributed by atoms with Gasteiger partial charge in [-0.25, -0.2) is 9.59 Å². The van der Waals surface area contributed by atoms with E-state index in [1.54, 1.807) is 0 Å². The summed E-state index contributed by atoms with van der Waals surface area (Å²) in [4.78, 5) is 35.8. The quantitative estimate of drug-likeness (QED) is 0.677. The summed E-state index contributed by atoms with van der Waals surface area (Å²) in [7, 11) is 0. The van der Waals surface area contributed by atoms with Gasteiger partial charge in [0.2, 0.25) is 5.91 Å². The van der Waals surface area contributed by atoms with E-state index in [0.29, 0.717) is 12.8 Å². The fourth-order valence-corrected chi connectivity index (χ4v) is 2.01. The van der Waals surface area contributed by atoms with Crippen LogP contribution in [0.3, 0.4) is 0 Å². The van der Waals surface area contributed by atoms with E-state index in [0.717, 1.165) is 0 Å². The lowest BCUT2D eigenvalue weighted by Crippen LogP contribution is -2.58.